The fraction of sp³-hybridized carbons (Fsp3) is 0.400. The van der Waals surface area contributed by atoms with Crippen molar-refractivity contribution in [2.45, 2.75) is 58.3 Å². The predicted octanol–water partition coefficient (Wildman–Crippen LogP) is 5.13. The van der Waals surface area contributed by atoms with E-state index in [1.165, 1.54) is 0 Å². The Bertz CT molecular complexity index is 922. The van der Waals surface area contributed by atoms with Crippen molar-refractivity contribution in [1.82, 2.24) is 0 Å². The van der Waals surface area contributed by atoms with Crippen LogP contribution in [0.2, 0.25) is 0 Å². The Morgan fingerprint density at radius 1 is 1.03 bits per heavy atom. The summed E-state index contributed by atoms with van der Waals surface area (Å²) in [5.74, 6) is 0.495. The Kier molecular flexibility index (Phi) is 8.21. The molecule has 3 rings (SSSR count). The van der Waals surface area contributed by atoms with Crippen LogP contribution in [0, 0.1) is 0 Å². The van der Waals surface area contributed by atoms with Crippen molar-refractivity contribution >= 4 is 29.0 Å². The van der Waals surface area contributed by atoms with Gasteiger partial charge in [-0.2, -0.15) is 0 Å². The second-order valence-corrected chi connectivity index (χ2v) is 7.82. The van der Waals surface area contributed by atoms with Crippen LogP contribution in [0.25, 0.3) is 0 Å². The number of benzene rings is 2. The molecule has 0 aliphatic carbocycles. The average Bonchev–Trinajstić information content (AvgIpc) is 2.95. The lowest BCUT2D eigenvalue weighted by Gasteiger charge is -2.10. The molecular formula is C25H30N2O4. The zero-order valence-corrected chi connectivity index (χ0v) is 18.0. The summed E-state index contributed by atoms with van der Waals surface area (Å²) >= 11 is 0. The molecule has 0 unspecified atom stereocenters. The molecule has 6 nitrogen and oxygen atoms in total. The summed E-state index contributed by atoms with van der Waals surface area (Å²) < 4.78 is 5.66. The minimum atomic E-state index is -0.207. The van der Waals surface area contributed by atoms with E-state index >= 15 is 0 Å². The van der Waals surface area contributed by atoms with E-state index in [0.29, 0.717) is 24.3 Å². The molecule has 0 fully saturated rings. The van der Waals surface area contributed by atoms with Crippen molar-refractivity contribution in [3.63, 3.8) is 0 Å². The van der Waals surface area contributed by atoms with Gasteiger partial charge in [0.25, 0.3) is 0 Å². The van der Waals surface area contributed by atoms with Gasteiger partial charge in [-0.15, -0.1) is 0 Å². The third kappa shape index (κ3) is 6.95. The number of nitrogens with one attached hydrogen (secondary N) is 2. The van der Waals surface area contributed by atoms with Gasteiger partial charge in [0.15, 0.2) is 5.78 Å². The third-order valence-corrected chi connectivity index (χ3v) is 5.29. The topological polar surface area (TPSA) is 84.5 Å². The van der Waals surface area contributed by atoms with Gasteiger partial charge in [0.1, 0.15) is 5.75 Å². The SMILES string of the molecule is CCCCCOc1ccc(C(=O)CCC(=O)Nc2ccc3c(c2)CCCC(=O)N3)cc1. The second kappa shape index (κ2) is 11.3. The summed E-state index contributed by atoms with van der Waals surface area (Å²) in [4.78, 5) is 36.4. The van der Waals surface area contributed by atoms with Crippen molar-refractivity contribution < 1.29 is 19.1 Å². The van der Waals surface area contributed by atoms with Crippen molar-refractivity contribution in [2.24, 2.45) is 0 Å². The molecule has 0 saturated heterocycles. The number of carbonyl (C=O) groups excluding carboxylic acids is 3. The van der Waals surface area contributed by atoms with Gasteiger partial charge in [-0.3, -0.25) is 14.4 Å². The van der Waals surface area contributed by atoms with Gasteiger partial charge in [0.2, 0.25) is 11.8 Å². The lowest BCUT2D eigenvalue weighted by atomic mass is 10.1. The second-order valence-electron chi connectivity index (χ2n) is 7.82. The molecule has 0 bridgehead atoms. The van der Waals surface area contributed by atoms with E-state index in [-0.39, 0.29) is 30.4 Å². The van der Waals surface area contributed by atoms with Gasteiger partial charge in [-0.25, -0.2) is 0 Å². The van der Waals surface area contributed by atoms with Crippen LogP contribution in [-0.2, 0) is 16.0 Å². The molecule has 2 N–H and O–H groups in total. The maximum absolute atomic E-state index is 12.4. The average molecular weight is 423 g/mol. The largest absolute Gasteiger partial charge is 0.494 e. The van der Waals surface area contributed by atoms with Crippen molar-refractivity contribution in [1.29, 1.82) is 0 Å². The number of anilines is 2. The molecule has 0 aromatic heterocycles. The van der Waals surface area contributed by atoms with Gasteiger partial charge < -0.3 is 15.4 Å². The van der Waals surface area contributed by atoms with E-state index in [4.69, 9.17) is 4.74 Å². The molecule has 0 atom stereocenters. The van der Waals surface area contributed by atoms with Gasteiger partial charge in [0.05, 0.1) is 6.61 Å². The lowest BCUT2D eigenvalue weighted by molar-refractivity contribution is -0.117. The van der Waals surface area contributed by atoms with Crippen molar-refractivity contribution in [3.05, 3.63) is 53.6 Å². The molecule has 0 saturated carbocycles. The van der Waals surface area contributed by atoms with Crippen LogP contribution in [0.15, 0.2) is 42.5 Å². The number of Topliss-reactive ketones (excluding diaryl/α,β-unsaturated/α-hetero) is 1. The molecule has 0 radical (unpaired) electrons. The molecule has 6 heteroatoms. The first kappa shape index (κ1) is 22.5. The highest BCUT2D eigenvalue weighted by molar-refractivity contribution is 6.00. The summed E-state index contributed by atoms with van der Waals surface area (Å²) in [7, 11) is 0. The predicted molar refractivity (Wildman–Crippen MR) is 122 cm³/mol. The normalized spacial score (nSPS) is 13.0. The van der Waals surface area contributed by atoms with Crippen LogP contribution in [0.3, 0.4) is 0 Å². The zero-order valence-electron chi connectivity index (χ0n) is 18.0. The molecule has 2 aromatic rings. The number of rotatable bonds is 10. The number of hydrogen-bond donors (Lipinski definition) is 2. The van der Waals surface area contributed by atoms with Crippen LogP contribution in [0.4, 0.5) is 11.4 Å². The number of hydrogen-bond acceptors (Lipinski definition) is 4. The third-order valence-electron chi connectivity index (χ3n) is 5.29. The molecule has 1 aliphatic heterocycles. The summed E-state index contributed by atoms with van der Waals surface area (Å²) in [6.07, 6.45) is 5.64. The quantitative estimate of drug-likeness (QED) is 0.410. The first-order valence-electron chi connectivity index (χ1n) is 11.0. The van der Waals surface area contributed by atoms with E-state index in [1.807, 2.05) is 12.1 Å². The molecule has 1 aliphatic rings. The highest BCUT2D eigenvalue weighted by Crippen LogP contribution is 2.25. The molecular weight excluding hydrogens is 392 g/mol. The standard InChI is InChI=1S/C25H30N2O4/c1-2-3-4-16-31-21-11-8-18(9-12-21)23(28)14-15-25(30)26-20-10-13-22-19(17-20)6-5-7-24(29)27-22/h8-13,17H,2-7,14-16H2,1H3,(H,26,30)(H,27,29). The Morgan fingerprint density at radius 2 is 1.84 bits per heavy atom. The number of carbonyl (C=O) groups is 3. The van der Waals surface area contributed by atoms with Crippen LogP contribution < -0.4 is 15.4 Å². The minimum absolute atomic E-state index is 0.0186. The Morgan fingerprint density at radius 3 is 2.61 bits per heavy atom. The van der Waals surface area contributed by atoms with Crippen molar-refractivity contribution in [2.75, 3.05) is 17.2 Å². The summed E-state index contributed by atoms with van der Waals surface area (Å²) in [5.41, 5.74) is 3.07. The molecule has 0 spiro atoms. The fourth-order valence-electron chi connectivity index (χ4n) is 3.53. The van der Waals surface area contributed by atoms with E-state index < -0.39 is 0 Å². The monoisotopic (exact) mass is 422 g/mol. The lowest BCUT2D eigenvalue weighted by Crippen LogP contribution is -2.14. The van der Waals surface area contributed by atoms with Gasteiger partial charge in [-0.1, -0.05) is 19.8 Å². The molecule has 164 valence electrons. The number of ketones is 1. The van der Waals surface area contributed by atoms with Crippen LogP contribution >= 0.6 is 0 Å². The van der Waals surface area contributed by atoms with Crippen LogP contribution in [0.1, 0.15) is 67.8 Å². The summed E-state index contributed by atoms with van der Waals surface area (Å²) in [5, 5.41) is 5.73. The van der Waals surface area contributed by atoms with Gasteiger partial charge in [-0.05, 0) is 67.3 Å². The van der Waals surface area contributed by atoms with E-state index in [1.54, 1.807) is 30.3 Å². The molecule has 1 heterocycles. The van der Waals surface area contributed by atoms with E-state index in [0.717, 1.165) is 49.1 Å². The fourth-order valence-corrected chi connectivity index (χ4v) is 3.53. The minimum Gasteiger partial charge on any atom is -0.494 e. The number of aryl methyl sites for hydroxylation is 1. The first-order valence-corrected chi connectivity index (χ1v) is 11.0. The molecule has 2 amide bonds. The number of unbranched alkanes of at least 4 members (excludes halogenated alkanes) is 2. The maximum atomic E-state index is 12.4. The van der Waals surface area contributed by atoms with Gasteiger partial charge in [0, 0.05) is 36.2 Å². The maximum Gasteiger partial charge on any atom is 0.224 e. The van der Waals surface area contributed by atoms with Crippen LogP contribution in [-0.4, -0.2) is 24.2 Å². The zero-order chi connectivity index (χ0) is 22.1. The Labute approximate surface area is 183 Å². The molecule has 31 heavy (non-hydrogen) atoms. The smallest absolute Gasteiger partial charge is 0.224 e. The Balaban J connectivity index is 1.46. The van der Waals surface area contributed by atoms with Crippen molar-refractivity contribution in [3.8, 4) is 5.75 Å². The van der Waals surface area contributed by atoms with E-state index in [2.05, 4.69) is 17.6 Å². The van der Waals surface area contributed by atoms with Gasteiger partial charge >= 0.3 is 0 Å². The Hall–Kier alpha value is -3.15. The number of ether oxygens (including phenoxy) is 1. The summed E-state index contributed by atoms with van der Waals surface area (Å²) in [6, 6.07) is 12.6. The van der Waals surface area contributed by atoms with E-state index in [9.17, 15) is 14.4 Å². The number of amides is 2. The first-order chi connectivity index (χ1) is 15.0. The highest BCUT2D eigenvalue weighted by atomic mass is 16.5. The molecule has 2 aromatic carbocycles. The van der Waals surface area contributed by atoms with Crippen LogP contribution in [0.5, 0.6) is 5.75 Å². The number of fused-ring (bicyclic) bond motifs is 1. The summed E-state index contributed by atoms with van der Waals surface area (Å²) in [6.45, 7) is 2.83. The highest BCUT2D eigenvalue weighted by Gasteiger charge is 2.14.